The Labute approximate surface area is 110 Å². The molecule has 3 heteroatoms. The van der Waals surface area contributed by atoms with Crippen LogP contribution in [-0.2, 0) is 4.74 Å². The van der Waals surface area contributed by atoms with Crippen LogP contribution in [0.1, 0.15) is 12.8 Å². The van der Waals surface area contributed by atoms with Crippen LogP contribution in [-0.4, -0.2) is 31.5 Å². The van der Waals surface area contributed by atoms with E-state index in [9.17, 15) is 5.11 Å². The Morgan fingerprint density at radius 3 is 2.61 bits per heavy atom. The number of epoxide rings is 1. The molecule has 1 N–H and O–H groups in total. The fourth-order valence-corrected chi connectivity index (χ4v) is 6.77. The predicted octanol–water partition coefficient (Wildman–Crippen LogP) is 2.14. The molecule has 2 nitrogen and oxygen atoms in total. The molecule has 3 atom stereocenters. The Morgan fingerprint density at radius 1 is 1.28 bits per heavy atom. The van der Waals surface area contributed by atoms with E-state index in [-0.39, 0.29) is 12.2 Å². The van der Waals surface area contributed by atoms with E-state index in [1.54, 1.807) is 0 Å². The van der Waals surface area contributed by atoms with Crippen LogP contribution in [0.25, 0.3) is 0 Å². The zero-order chi connectivity index (χ0) is 12.8. The summed E-state index contributed by atoms with van der Waals surface area (Å²) in [5.74, 6) is 0.564. The summed E-state index contributed by atoms with van der Waals surface area (Å²) in [5.41, 5.74) is -0.154. The van der Waals surface area contributed by atoms with E-state index in [0.29, 0.717) is 12.0 Å². The van der Waals surface area contributed by atoms with Crippen LogP contribution >= 0.6 is 0 Å². The van der Waals surface area contributed by atoms with Gasteiger partial charge in [-0.3, -0.25) is 0 Å². The molecule has 1 aliphatic carbocycles. The Balaban J connectivity index is 1.76. The van der Waals surface area contributed by atoms with E-state index in [0.717, 1.165) is 6.42 Å². The minimum Gasteiger partial charge on any atom is -0.393 e. The molecule has 1 aromatic rings. The van der Waals surface area contributed by atoms with Crippen molar-refractivity contribution in [3.63, 3.8) is 0 Å². The maximum absolute atomic E-state index is 9.60. The van der Waals surface area contributed by atoms with E-state index < -0.39 is 8.07 Å². The molecule has 0 spiro atoms. The second-order valence-corrected chi connectivity index (χ2v) is 11.2. The second-order valence-electron chi connectivity index (χ2n) is 6.45. The predicted molar refractivity (Wildman–Crippen MR) is 75.8 cm³/mol. The monoisotopic (exact) mass is 262 g/mol. The average molecular weight is 262 g/mol. The lowest BCUT2D eigenvalue weighted by Gasteiger charge is -2.29. The van der Waals surface area contributed by atoms with Crippen molar-refractivity contribution in [2.45, 2.75) is 43.7 Å². The zero-order valence-corrected chi connectivity index (χ0v) is 12.2. The first-order valence-electron chi connectivity index (χ1n) is 6.93. The maximum atomic E-state index is 9.60. The summed E-state index contributed by atoms with van der Waals surface area (Å²) in [6.45, 7) is 5.08. The number of rotatable bonds is 4. The molecule has 18 heavy (non-hydrogen) atoms. The Bertz CT molecular complexity index is 427. The number of hydrogen-bond acceptors (Lipinski definition) is 2. The van der Waals surface area contributed by atoms with Gasteiger partial charge in [-0.05, 0) is 24.8 Å². The highest BCUT2D eigenvalue weighted by molar-refractivity contribution is 6.89. The number of benzene rings is 1. The second kappa shape index (κ2) is 4.19. The molecule has 1 aliphatic heterocycles. The van der Waals surface area contributed by atoms with Crippen molar-refractivity contribution in [3.05, 3.63) is 30.3 Å². The van der Waals surface area contributed by atoms with E-state index in [4.69, 9.17) is 4.74 Å². The molecule has 98 valence electrons. The lowest BCUT2D eigenvalue weighted by Crippen LogP contribution is -2.45. The van der Waals surface area contributed by atoms with Crippen molar-refractivity contribution in [3.8, 4) is 0 Å². The van der Waals surface area contributed by atoms with Gasteiger partial charge in [0.1, 0.15) is 5.60 Å². The lowest BCUT2D eigenvalue weighted by atomic mass is 9.98. The number of fused-ring (bicyclic) bond motifs is 1. The first-order valence-corrected chi connectivity index (χ1v) is 10.1. The summed E-state index contributed by atoms with van der Waals surface area (Å²) >= 11 is 0. The maximum Gasteiger partial charge on any atom is 0.120 e. The molecule has 1 aromatic carbocycles. The fourth-order valence-electron chi connectivity index (χ4n) is 3.66. The molecular formula is C15H22O2Si. The fraction of sp³-hybridized carbons (Fsp3) is 0.600. The van der Waals surface area contributed by atoms with Gasteiger partial charge in [-0.25, -0.2) is 0 Å². The van der Waals surface area contributed by atoms with Crippen LogP contribution in [0.4, 0.5) is 0 Å². The molecule has 0 amide bonds. The highest BCUT2D eigenvalue weighted by Crippen LogP contribution is 2.55. The van der Waals surface area contributed by atoms with Crippen molar-refractivity contribution in [2.24, 2.45) is 5.92 Å². The molecule has 0 radical (unpaired) electrons. The van der Waals surface area contributed by atoms with Crippen LogP contribution in [0.15, 0.2) is 30.3 Å². The summed E-state index contributed by atoms with van der Waals surface area (Å²) in [7, 11) is -1.41. The van der Waals surface area contributed by atoms with Gasteiger partial charge in [-0.15, -0.1) is 0 Å². The highest BCUT2D eigenvalue weighted by atomic mass is 28.3. The van der Waals surface area contributed by atoms with Crippen molar-refractivity contribution < 1.29 is 9.84 Å². The molecule has 0 aromatic heterocycles. The summed E-state index contributed by atoms with van der Waals surface area (Å²) in [4.78, 5) is 0. The van der Waals surface area contributed by atoms with Gasteiger partial charge in [0, 0.05) is 0 Å². The van der Waals surface area contributed by atoms with E-state index in [1.165, 1.54) is 17.7 Å². The molecule has 3 rings (SSSR count). The standard InChI is InChI=1S/C15H22O2Si/c1-18(2,13-6-4-3-5-7-13)10-12-8-9-14-15(12,11-16)17-14/h3-7,12,14,16H,8-11H2,1-2H3. The molecular weight excluding hydrogens is 240 g/mol. The van der Waals surface area contributed by atoms with Gasteiger partial charge in [0.2, 0.25) is 0 Å². The molecule has 3 unspecified atom stereocenters. The average Bonchev–Trinajstić information content (AvgIpc) is 3.02. The Kier molecular flexibility index (Phi) is 2.88. The summed E-state index contributed by atoms with van der Waals surface area (Å²) in [6.07, 6.45) is 2.73. The van der Waals surface area contributed by atoms with Crippen molar-refractivity contribution in [1.82, 2.24) is 0 Å². The summed E-state index contributed by atoms with van der Waals surface area (Å²) in [6, 6.07) is 12.1. The quantitative estimate of drug-likeness (QED) is 0.666. The van der Waals surface area contributed by atoms with Gasteiger partial charge in [0.05, 0.1) is 20.8 Å². The SMILES string of the molecule is C[Si](C)(CC1CCC2OC12CO)c1ccccc1. The first kappa shape index (κ1) is 12.4. The molecule has 2 fully saturated rings. The minimum atomic E-state index is -1.41. The smallest absolute Gasteiger partial charge is 0.120 e. The van der Waals surface area contributed by atoms with E-state index >= 15 is 0 Å². The molecule has 0 bridgehead atoms. The van der Waals surface area contributed by atoms with E-state index in [2.05, 4.69) is 43.4 Å². The van der Waals surface area contributed by atoms with Crippen LogP contribution in [0.2, 0.25) is 19.1 Å². The Hall–Kier alpha value is -0.643. The largest absolute Gasteiger partial charge is 0.393 e. The normalized spacial score (nSPS) is 34.4. The van der Waals surface area contributed by atoms with Gasteiger partial charge in [-0.2, -0.15) is 0 Å². The van der Waals surface area contributed by atoms with Crippen LogP contribution in [0.3, 0.4) is 0 Å². The van der Waals surface area contributed by atoms with Gasteiger partial charge in [0.15, 0.2) is 0 Å². The van der Waals surface area contributed by atoms with Gasteiger partial charge in [-0.1, -0.05) is 48.6 Å². The number of hydrogen-bond donors (Lipinski definition) is 1. The third-order valence-electron chi connectivity index (χ3n) is 4.88. The van der Waals surface area contributed by atoms with Crippen molar-refractivity contribution in [2.75, 3.05) is 6.61 Å². The van der Waals surface area contributed by atoms with Crippen molar-refractivity contribution >= 4 is 13.3 Å². The summed E-state index contributed by atoms with van der Waals surface area (Å²) in [5, 5.41) is 11.1. The zero-order valence-electron chi connectivity index (χ0n) is 11.2. The van der Waals surface area contributed by atoms with Crippen LogP contribution in [0.5, 0.6) is 0 Å². The third kappa shape index (κ3) is 1.85. The van der Waals surface area contributed by atoms with Crippen molar-refractivity contribution in [1.29, 1.82) is 0 Å². The first-order chi connectivity index (χ1) is 8.58. The van der Waals surface area contributed by atoms with Gasteiger partial charge < -0.3 is 9.84 Å². The number of aliphatic hydroxyl groups excluding tert-OH is 1. The van der Waals surface area contributed by atoms with Gasteiger partial charge >= 0.3 is 0 Å². The van der Waals surface area contributed by atoms with Crippen LogP contribution in [0, 0.1) is 5.92 Å². The molecule has 1 saturated heterocycles. The van der Waals surface area contributed by atoms with Gasteiger partial charge in [0.25, 0.3) is 0 Å². The molecule has 1 saturated carbocycles. The summed E-state index contributed by atoms with van der Waals surface area (Å²) < 4.78 is 5.76. The minimum absolute atomic E-state index is 0.154. The number of aliphatic hydroxyl groups is 1. The topological polar surface area (TPSA) is 32.8 Å². The third-order valence-corrected chi connectivity index (χ3v) is 8.29. The Morgan fingerprint density at radius 2 is 2.00 bits per heavy atom. The van der Waals surface area contributed by atoms with E-state index in [1.807, 2.05) is 0 Å². The highest BCUT2D eigenvalue weighted by Gasteiger charge is 2.65. The molecule has 2 aliphatic rings. The lowest BCUT2D eigenvalue weighted by molar-refractivity contribution is 0.119. The number of ether oxygens (including phenoxy) is 1. The van der Waals surface area contributed by atoms with Crippen LogP contribution < -0.4 is 5.19 Å². The molecule has 1 heterocycles.